The van der Waals surface area contributed by atoms with Crippen molar-refractivity contribution < 1.29 is 63.3 Å². The molecule has 15 heavy (non-hydrogen) atoms. The van der Waals surface area contributed by atoms with E-state index in [2.05, 4.69) is 0 Å². The van der Waals surface area contributed by atoms with E-state index < -0.39 is 14.7 Å². The Bertz CT molecular complexity index is 34.6. The van der Waals surface area contributed by atoms with Gasteiger partial charge in [0.05, 0.1) is 0 Å². The zero-order valence-corrected chi connectivity index (χ0v) is 8.91. The summed E-state index contributed by atoms with van der Waals surface area (Å²) in [7, 11) is -1.00. The molecule has 96 valence electrons. The summed E-state index contributed by atoms with van der Waals surface area (Å²) in [5.74, 6) is 0. The van der Waals surface area contributed by atoms with Gasteiger partial charge in [-0.1, -0.05) is 0 Å². The molecule has 0 spiro atoms. The molecule has 0 saturated carbocycles. The van der Waals surface area contributed by atoms with Gasteiger partial charge in [0, 0.05) is 0 Å². The van der Waals surface area contributed by atoms with Gasteiger partial charge in [0.2, 0.25) is 0 Å². The summed E-state index contributed by atoms with van der Waals surface area (Å²) in [6, 6.07) is 0. The van der Waals surface area contributed by atoms with Crippen molar-refractivity contribution in [1.29, 1.82) is 0 Å². The van der Waals surface area contributed by atoms with E-state index in [-0.39, 0.29) is 66.9 Å². The maximum absolute atomic E-state index is 8.25. The van der Waals surface area contributed by atoms with Crippen molar-refractivity contribution >= 4 is 37.8 Å². The predicted molar refractivity (Wildman–Crippen MR) is 47.5 cm³/mol. The van der Waals surface area contributed by atoms with Crippen LogP contribution >= 0.6 is 0 Å². The van der Waals surface area contributed by atoms with Gasteiger partial charge in [-0.3, -0.25) is 0 Å². The molecular weight excluding hydrogens is 238 g/mol. The Morgan fingerprint density at radius 1 is 0.533 bits per heavy atom. The molecule has 16 N–H and O–H groups in total. The minimum atomic E-state index is -0.500. The molecule has 15 heteroatoms. The van der Waals surface area contributed by atoms with Gasteiger partial charge in [0.15, 0.2) is 0 Å². The Hall–Kier alpha value is -0.224. The number of hydrogen-bond donors (Lipinski definition) is 0. The fraction of sp³-hybridized carbons (Fsp3) is 0. The van der Waals surface area contributed by atoms with E-state index in [0.29, 0.717) is 0 Å². The summed E-state index contributed by atoms with van der Waals surface area (Å²) in [6.45, 7) is 0. The van der Waals surface area contributed by atoms with Crippen LogP contribution in [0, 0.1) is 0 Å². The topological polar surface area (TPSA) is 332 Å². The van der Waals surface area contributed by atoms with Crippen molar-refractivity contribution in [2.75, 3.05) is 0 Å². The molecule has 0 saturated heterocycles. The molecule has 0 bridgehead atoms. The average molecular weight is 254 g/mol. The largest absolute Gasteiger partial charge is 2.00 e. The molecular formula is H16B2MgO12. The Kier molecular flexibility index (Phi) is 9350. The van der Waals surface area contributed by atoms with Crippen LogP contribution in [-0.4, -0.2) is 81.6 Å². The average Bonchev–Trinajstić information content (AvgIpc) is 1.39. The van der Waals surface area contributed by atoms with Gasteiger partial charge in [0.25, 0.3) is 0 Å². The first-order chi connectivity index (χ1) is 2.83. The minimum Gasteiger partial charge on any atom is 2.00 e. The van der Waals surface area contributed by atoms with E-state index in [9.17, 15) is 0 Å². The summed E-state index contributed by atoms with van der Waals surface area (Å²) >= 11 is 0. The third-order valence-electron chi connectivity index (χ3n) is 0. The van der Waals surface area contributed by atoms with Crippen LogP contribution in [0.5, 0.6) is 0 Å². The van der Waals surface area contributed by atoms with Crippen molar-refractivity contribution in [3.05, 3.63) is 0 Å². The van der Waals surface area contributed by atoms with Gasteiger partial charge in [-0.25, -0.2) is 0 Å². The number of rotatable bonds is 0. The molecule has 0 rings (SSSR count). The zero-order valence-electron chi connectivity index (χ0n) is 7.49. The molecule has 0 aromatic heterocycles. The second-order valence-electron chi connectivity index (χ2n) is 0.192. The van der Waals surface area contributed by atoms with Crippen molar-refractivity contribution in [2.24, 2.45) is 0 Å². The molecule has 0 aromatic carbocycles. The molecule has 0 radical (unpaired) electrons. The Balaban J connectivity index is -0.00000000148. The second-order valence-corrected chi connectivity index (χ2v) is 0.192. The third-order valence-corrected chi connectivity index (χ3v) is 0. The van der Waals surface area contributed by atoms with E-state index in [1.807, 2.05) is 0 Å². The molecule has 0 heterocycles. The molecule has 0 aliphatic rings. The molecule has 0 amide bonds. The van der Waals surface area contributed by atoms with Crippen molar-refractivity contribution in [3.63, 3.8) is 0 Å². The first-order valence-corrected chi connectivity index (χ1v) is 0.943. The van der Waals surface area contributed by atoms with E-state index in [1.165, 1.54) is 0 Å². The molecule has 0 aliphatic carbocycles. The summed E-state index contributed by atoms with van der Waals surface area (Å²) in [4.78, 5) is 0. The standard InChI is InChI=1S/2BO2.Mg.8H2O/c2*2-1-3;;;;;;;;;/h;;;8*1H2/q2*-1;+2;;;;;;;;. The summed E-state index contributed by atoms with van der Waals surface area (Å²) < 4.78 is 16.5. The van der Waals surface area contributed by atoms with Crippen LogP contribution in [0.1, 0.15) is 0 Å². The van der Waals surface area contributed by atoms with Gasteiger partial charge >= 0.3 is 57.2 Å². The van der Waals surface area contributed by atoms with E-state index in [1.54, 1.807) is 0 Å². The van der Waals surface area contributed by atoms with Gasteiger partial charge in [-0.2, -0.15) is 0 Å². The fourth-order valence-electron chi connectivity index (χ4n) is 0. The Labute approximate surface area is 101 Å². The van der Waals surface area contributed by atoms with Crippen LogP contribution in [-0.2, 0) is 9.41 Å². The van der Waals surface area contributed by atoms with Crippen molar-refractivity contribution in [1.82, 2.24) is 0 Å². The van der Waals surface area contributed by atoms with Crippen LogP contribution in [0.4, 0.5) is 0 Å². The predicted octanol–water partition coefficient (Wildman–Crippen LogP) is -10.4. The third kappa shape index (κ3) is 38100. The van der Waals surface area contributed by atoms with Crippen LogP contribution in [0.15, 0.2) is 0 Å². The van der Waals surface area contributed by atoms with E-state index >= 15 is 0 Å². The summed E-state index contributed by atoms with van der Waals surface area (Å²) in [5, 5.41) is 16.5. The zero-order chi connectivity index (χ0) is 5.41. The molecule has 0 atom stereocenters. The van der Waals surface area contributed by atoms with E-state index in [0.717, 1.165) is 0 Å². The number of hydrogen-bond acceptors (Lipinski definition) is 4. The minimum absolute atomic E-state index is 0. The smallest absolute Gasteiger partial charge is 2.00 e. The SMILES string of the molecule is O.O.O.O.O.O.O.O.O=B[O-].O=B[O-].[Mg+2]. The van der Waals surface area contributed by atoms with E-state index in [4.69, 9.17) is 19.5 Å². The van der Waals surface area contributed by atoms with Gasteiger partial charge in [-0.05, 0) is 0 Å². The molecule has 0 unspecified atom stereocenters. The monoisotopic (exact) mass is 254 g/mol. The molecule has 0 fully saturated rings. The van der Waals surface area contributed by atoms with Crippen molar-refractivity contribution in [2.45, 2.75) is 0 Å². The quantitative estimate of drug-likeness (QED) is 0.379. The normalized spacial score (nSPS) is 1.07. The van der Waals surface area contributed by atoms with Crippen LogP contribution in [0.25, 0.3) is 0 Å². The summed E-state index contributed by atoms with van der Waals surface area (Å²) in [6.07, 6.45) is 0. The molecule has 12 nitrogen and oxygen atoms in total. The van der Waals surface area contributed by atoms with Crippen LogP contribution < -0.4 is 10.0 Å². The second kappa shape index (κ2) is 713. The fourth-order valence-corrected chi connectivity index (χ4v) is 0. The first kappa shape index (κ1) is 197. The Morgan fingerprint density at radius 3 is 0.533 bits per heavy atom. The van der Waals surface area contributed by atoms with Gasteiger partial charge in [0.1, 0.15) is 0 Å². The van der Waals surface area contributed by atoms with Crippen LogP contribution in [0.3, 0.4) is 0 Å². The molecule has 0 aliphatic heterocycles. The maximum atomic E-state index is 8.25. The Morgan fingerprint density at radius 2 is 0.533 bits per heavy atom. The van der Waals surface area contributed by atoms with Gasteiger partial charge < -0.3 is 43.8 Å². The first-order valence-electron chi connectivity index (χ1n) is 0.943. The maximum Gasteiger partial charge on any atom is 2.00 e. The summed E-state index contributed by atoms with van der Waals surface area (Å²) in [5.41, 5.74) is 0. The van der Waals surface area contributed by atoms with Crippen molar-refractivity contribution in [3.8, 4) is 0 Å². The van der Waals surface area contributed by atoms with Gasteiger partial charge in [-0.15, -0.1) is 0 Å². The molecule has 0 aromatic rings. The van der Waals surface area contributed by atoms with Crippen LogP contribution in [0.2, 0.25) is 0 Å².